The summed E-state index contributed by atoms with van der Waals surface area (Å²) in [5, 5.41) is 15.9. The third-order valence-electron chi connectivity index (χ3n) is 2.61. The van der Waals surface area contributed by atoms with Crippen LogP contribution in [0, 0.1) is 17.0 Å². The molecule has 2 N–H and O–H groups in total. The molecule has 0 unspecified atom stereocenters. The van der Waals surface area contributed by atoms with Gasteiger partial charge in [0.2, 0.25) is 0 Å². The Bertz CT molecular complexity index is 683. The fourth-order valence-corrected chi connectivity index (χ4v) is 2.41. The molecule has 2 aromatic rings. The molecule has 0 aliphatic heterocycles. The second-order valence-corrected chi connectivity index (χ2v) is 5.32. The number of rotatable bonds is 3. The van der Waals surface area contributed by atoms with E-state index in [4.69, 9.17) is 0 Å². The van der Waals surface area contributed by atoms with E-state index in [1.54, 1.807) is 12.1 Å². The number of nitrogens with zero attached hydrogens (tertiary/aromatic N) is 1. The van der Waals surface area contributed by atoms with E-state index in [-0.39, 0.29) is 5.69 Å². The van der Waals surface area contributed by atoms with Crippen LogP contribution in [0.4, 0.5) is 21.9 Å². The smallest absolute Gasteiger partial charge is 0.308 e. The minimum atomic E-state index is -0.513. The van der Waals surface area contributed by atoms with E-state index in [9.17, 15) is 14.9 Å². The highest BCUT2D eigenvalue weighted by Crippen LogP contribution is 2.20. The highest BCUT2D eigenvalue weighted by molar-refractivity contribution is 9.10. The van der Waals surface area contributed by atoms with Crippen LogP contribution in [-0.4, -0.2) is 11.0 Å². The standard InChI is InChI=1S/C14H12BrN3O3/c1-9-5-10(15)7-12(6-9)17-14(19)16-11-3-2-4-13(8-11)18(20)21/h2-8H,1H3,(H2,16,17,19). The van der Waals surface area contributed by atoms with Gasteiger partial charge in [-0.3, -0.25) is 10.1 Å². The van der Waals surface area contributed by atoms with Crippen molar-refractivity contribution in [3.8, 4) is 0 Å². The Hall–Kier alpha value is -2.41. The summed E-state index contributed by atoms with van der Waals surface area (Å²) < 4.78 is 0.855. The first-order valence-corrected chi connectivity index (χ1v) is 6.83. The molecule has 0 aliphatic carbocycles. The third kappa shape index (κ3) is 4.28. The van der Waals surface area contributed by atoms with E-state index < -0.39 is 11.0 Å². The zero-order chi connectivity index (χ0) is 15.4. The number of nitro benzene ring substituents is 1. The van der Waals surface area contributed by atoms with Gasteiger partial charge >= 0.3 is 6.03 Å². The fourth-order valence-electron chi connectivity index (χ4n) is 1.80. The van der Waals surface area contributed by atoms with Crippen LogP contribution in [0.5, 0.6) is 0 Å². The van der Waals surface area contributed by atoms with Crippen molar-refractivity contribution in [3.05, 3.63) is 62.6 Å². The van der Waals surface area contributed by atoms with Crippen molar-refractivity contribution < 1.29 is 9.72 Å². The van der Waals surface area contributed by atoms with Crippen molar-refractivity contribution in [1.29, 1.82) is 0 Å². The Morgan fingerprint density at radius 2 is 1.86 bits per heavy atom. The van der Waals surface area contributed by atoms with Crippen molar-refractivity contribution in [2.24, 2.45) is 0 Å². The van der Waals surface area contributed by atoms with Gasteiger partial charge in [0, 0.05) is 28.0 Å². The van der Waals surface area contributed by atoms with Gasteiger partial charge in [0.1, 0.15) is 0 Å². The van der Waals surface area contributed by atoms with Crippen LogP contribution in [0.3, 0.4) is 0 Å². The van der Waals surface area contributed by atoms with Crippen molar-refractivity contribution in [2.45, 2.75) is 6.92 Å². The normalized spacial score (nSPS) is 10.0. The predicted molar refractivity (Wildman–Crippen MR) is 84.6 cm³/mol. The molecule has 0 radical (unpaired) electrons. The first-order valence-electron chi connectivity index (χ1n) is 6.04. The van der Waals surface area contributed by atoms with Crippen LogP contribution in [-0.2, 0) is 0 Å². The summed E-state index contributed by atoms with van der Waals surface area (Å²) in [5.41, 5.74) is 1.90. The molecule has 0 aliphatic rings. The molecule has 0 spiro atoms. The molecule has 0 heterocycles. The summed E-state index contributed by atoms with van der Waals surface area (Å²) in [6, 6.07) is 10.8. The van der Waals surface area contributed by atoms with Gasteiger partial charge in [0.25, 0.3) is 5.69 Å². The van der Waals surface area contributed by atoms with Crippen molar-refractivity contribution in [3.63, 3.8) is 0 Å². The minimum absolute atomic E-state index is 0.0777. The molecular weight excluding hydrogens is 338 g/mol. The Kier molecular flexibility index (Phi) is 4.54. The molecule has 2 aromatic carbocycles. The van der Waals surface area contributed by atoms with E-state index in [2.05, 4.69) is 26.6 Å². The van der Waals surface area contributed by atoms with Crippen LogP contribution >= 0.6 is 15.9 Å². The summed E-state index contributed by atoms with van der Waals surface area (Å²) in [6.07, 6.45) is 0. The number of benzene rings is 2. The average molecular weight is 350 g/mol. The number of aryl methyl sites for hydroxylation is 1. The van der Waals surface area contributed by atoms with E-state index in [1.165, 1.54) is 18.2 Å². The van der Waals surface area contributed by atoms with Gasteiger partial charge in [0.15, 0.2) is 0 Å². The number of non-ortho nitro benzene ring substituents is 1. The number of amides is 2. The van der Waals surface area contributed by atoms with Gasteiger partial charge in [-0.15, -0.1) is 0 Å². The fraction of sp³-hybridized carbons (Fsp3) is 0.0714. The lowest BCUT2D eigenvalue weighted by Gasteiger charge is -2.08. The molecule has 7 heteroatoms. The second-order valence-electron chi connectivity index (χ2n) is 4.40. The lowest BCUT2D eigenvalue weighted by Crippen LogP contribution is -2.19. The topological polar surface area (TPSA) is 84.3 Å². The van der Waals surface area contributed by atoms with E-state index in [0.717, 1.165) is 10.0 Å². The summed E-state index contributed by atoms with van der Waals surface area (Å²) in [7, 11) is 0. The summed E-state index contributed by atoms with van der Waals surface area (Å²) in [4.78, 5) is 22.0. The van der Waals surface area contributed by atoms with Crippen molar-refractivity contribution >= 4 is 39.0 Å². The summed E-state index contributed by atoms with van der Waals surface area (Å²) >= 11 is 3.35. The maximum Gasteiger partial charge on any atom is 0.323 e. The van der Waals surface area contributed by atoms with Crippen LogP contribution in [0.15, 0.2) is 46.9 Å². The summed E-state index contributed by atoms with van der Waals surface area (Å²) in [5.74, 6) is 0. The second kappa shape index (κ2) is 6.36. The zero-order valence-electron chi connectivity index (χ0n) is 11.1. The number of carbonyl (C=O) groups is 1. The highest BCUT2D eigenvalue weighted by atomic mass is 79.9. The van der Waals surface area contributed by atoms with Gasteiger partial charge in [-0.25, -0.2) is 4.79 Å². The van der Waals surface area contributed by atoms with Gasteiger partial charge in [0.05, 0.1) is 4.92 Å². The SMILES string of the molecule is Cc1cc(Br)cc(NC(=O)Nc2cccc([N+](=O)[O-])c2)c1. The molecular formula is C14H12BrN3O3. The quantitative estimate of drug-likeness (QED) is 0.639. The number of carbonyl (C=O) groups excluding carboxylic acids is 1. The summed E-state index contributed by atoms with van der Waals surface area (Å²) in [6.45, 7) is 1.91. The maximum absolute atomic E-state index is 11.9. The molecule has 2 rings (SSSR count). The molecule has 0 fully saturated rings. The van der Waals surface area contributed by atoms with E-state index in [0.29, 0.717) is 11.4 Å². The van der Waals surface area contributed by atoms with Crippen LogP contribution in [0.25, 0.3) is 0 Å². The molecule has 6 nitrogen and oxygen atoms in total. The van der Waals surface area contributed by atoms with Gasteiger partial charge in [-0.2, -0.15) is 0 Å². The van der Waals surface area contributed by atoms with Gasteiger partial charge in [-0.05, 0) is 36.8 Å². The van der Waals surface area contributed by atoms with Crippen LogP contribution < -0.4 is 10.6 Å². The van der Waals surface area contributed by atoms with Gasteiger partial charge in [-0.1, -0.05) is 22.0 Å². The number of nitro groups is 1. The first kappa shape index (κ1) is 15.0. The molecule has 2 amide bonds. The molecule has 0 saturated heterocycles. The number of hydrogen-bond donors (Lipinski definition) is 2. The first-order chi connectivity index (χ1) is 9.94. The Labute approximate surface area is 129 Å². The molecule has 108 valence electrons. The lowest BCUT2D eigenvalue weighted by molar-refractivity contribution is -0.384. The zero-order valence-corrected chi connectivity index (χ0v) is 12.7. The number of nitrogens with one attached hydrogen (secondary N) is 2. The maximum atomic E-state index is 11.9. The Balaban J connectivity index is 2.08. The monoisotopic (exact) mass is 349 g/mol. The highest BCUT2D eigenvalue weighted by Gasteiger charge is 2.08. The molecule has 0 aromatic heterocycles. The number of urea groups is 1. The van der Waals surface area contributed by atoms with Gasteiger partial charge < -0.3 is 10.6 Å². The number of halogens is 1. The van der Waals surface area contributed by atoms with Crippen molar-refractivity contribution in [2.75, 3.05) is 10.6 Å². The molecule has 0 bridgehead atoms. The molecule has 0 saturated carbocycles. The van der Waals surface area contributed by atoms with E-state index in [1.807, 2.05) is 19.1 Å². The largest absolute Gasteiger partial charge is 0.323 e. The Morgan fingerprint density at radius 1 is 1.14 bits per heavy atom. The van der Waals surface area contributed by atoms with Crippen LogP contribution in [0.2, 0.25) is 0 Å². The lowest BCUT2D eigenvalue weighted by atomic mass is 10.2. The third-order valence-corrected chi connectivity index (χ3v) is 3.07. The Morgan fingerprint density at radius 3 is 2.52 bits per heavy atom. The predicted octanol–water partition coefficient (Wildman–Crippen LogP) is 4.31. The van der Waals surface area contributed by atoms with Crippen molar-refractivity contribution in [1.82, 2.24) is 0 Å². The number of hydrogen-bond acceptors (Lipinski definition) is 3. The van der Waals surface area contributed by atoms with E-state index >= 15 is 0 Å². The van der Waals surface area contributed by atoms with Crippen LogP contribution in [0.1, 0.15) is 5.56 Å². The minimum Gasteiger partial charge on any atom is -0.308 e. The molecule has 21 heavy (non-hydrogen) atoms. The number of anilines is 2. The molecule has 0 atom stereocenters. The average Bonchev–Trinajstić information content (AvgIpc) is 2.37.